The molecule has 0 atom stereocenters. The molecule has 10 heteroatoms. The molecule has 3 aromatic rings. The van der Waals surface area contributed by atoms with Crippen molar-refractivity contribution < 1.29 is 31.9 Å². The second-order valence-corrected chi connectivity index (χ2v) is 8.18. The summed E-state index contributed by atoms with van der Waals surface area (Å²) >= 11 is 0. The fourth-order valence-electron chi connectivity index (χ4n) is 2.63. The summed E-state index contributed by atoms with van der Waals surface area (Å²) in [6, 6.07) is 16.5. The van der Waals surface area contributed by atoms with Crippen LogP contribution in [0.25, 0.3) is 0 Å². The Kier molecular flexibility index (Phi) is 7.06. The molecule has 0 heterocycles. The molecular formula is C22H19FN2O6S. The van der Waals surface area contributed by atoms with E-state index in [4.69, 9.17) is 9.47 Å². The second kappa shape index (κ2) is 9.92. The minimum atomic E-state index is -4.03. The van der Waals surface area contributed by atoms with Crippen molar-refractivity contribution in [1.82, 2.24) is 0 Å². The number of halogens is 1. The number of amides is 1. The molecule has 0 unspecified atom stereocenters. The third kappa shape index (κ3) is 6.05. The number of methoxy groups -OCH3 is 1. The van der Waals surface area contributed by atoms with E-state index < -0.39 is 34.3 Å². The molecule has 3 rings (SSSR count). The lowest BCUT2D eigenvalue weighted by atomic mass is 10.2. The molecule has 166 valence electrons. The Labute approximate surface area is 184 Å². The molecule has 0 aliphatic carbocycles. The molecule has 3 aromatic carbocycles. The van der Waals surface area contributed by atoms with E-state index in [1.807, 2.05) is 0 Å². The number of ether oxygens (including phenoxy) is 2. The van der Waals surface area contributed by atoms with Crippen LogP contribution in [0.15, 0.2) is 77.7 Å². The number of hydrogen-bond acceptors (Lipinski definition) is 6. The van der Waals surface area contributed by atoms with Crippen LogP contribution in [0, 0.1) is 5.82 Å². The molecule has 0 saturated heterocycles. The van der Waals surface area contributed by atoms with E-state index in [2.05, 4.69) is 10.0 Å². The summed E-state index contributed by atoms with van der Waals surface area (Å²) in [6.07, 6.45) is 0. The van der Waals surface area contributed by atoms with Gasteiger partial charge in [0.2, 0.25) is 0 Å². The van der Waals surface area contributed by atoms with Gasteiger partial charge >= 0.3 is 5.97 Å². The quantitative estimate of drug-likeness (QED) is 0.501. The van der Waals surface area contributed by atoms with Gasteiger partial charge in [0.1, 0.15) is 11.6 Å². The summed E-state index contributed by atoms with van der Waals surface area (Å²) < 4.78 is 50.4. The van der Waals surface area contributed by atoms with Gasteiger partial charge in [-0.05, 0) is 54.6 Å². The average Bonchev–Trinajstić information content (AvgIpc) is 2.79. The van der Waals surface area contributed by atoms with Crippen molar-refractivity contribution in [3.8, 4) is 5.75 Å². The molecule has 0 aromatic heterocycles. The lowest BCUT2D eigenvalue weighted by Crippen LogP contribution is -2.21. The Balaban J connectivity index is 1.63. The molecular weight excluding hydrogens is 439 g/mol. The lowest BCUT2D eigenvalue weighted by Gasteiger charge is -2.10. The van der Waals surface area contributed by atoms with Crippen molar-refractivity contribution in [3.05, 3.63) is 84.2 Å². The van der Waals surface area contributed by atoms with E-state index in [1.54, 1.807) is 24.3 Å². The van der Waals surface area contributed by atoms with E-state index in [9.17, 15) is 22.4 Å². The Bertz CT molecular complexity index is 1230. The molecule has 0 aliphatic heterocycles. The zero-order valence-electron chi connectivity index (χ0n) is 16.9. The molecule has 0 fully saturated rings. The smallest absolute Gasteiger partial charge is 0.338 e. The topological polar surface area (TPSA) is 111 Å². The Morgan fingerprint density at radius 3 is 2.38 bits per heavy atom. The van der Waals surface area contributed by atoms with Crippen LogP contribution in [0.1, 0.15) is 10.4 Å². The van der Waals surface area contributed by atoms with Gasteiger partial charge < -0.3 is 14.8 Å². The van der Waals surface area contributed by atoms with E-state index >= 15 is 0 Å². The molecule has 8 nitrogen and oxygen atoms in total. The molecule has 1 amide bonds. The second-order valence-electron chi connectivity index (χ2n) is 6.50. The highest BCUT2D eigenvalue weighted by Crippen LogP contribution is 2.19. The third-order valence-electron chi connectivity index (χ3n) is 4.16. The first-order valence-electron chi connectivity index (χ1n) is 9.26. The van der Waals surface area contributed by atoms with Crippen LogP contribution in [-0.4, -0.2) is 34.0 Å². The molecule has 0 saturated carbocycles. The van der Waals surface area contributed by atoms with Crippen LogP contribution in [0.5, 0.6) is 5.75 Å². The zero-order chi connectivity index (χ0) is 23.1. The van der Waals surface area contributed by atoms with Crippen molar-refractivity contribution in [2.45, 2.75) is 4.90 Å². The lowest BCUT2D eigenvalue weighted by molar-refractivity contribution is -0.119. The highest BCUT2D eigenvalue weighted by molar-refractivity contribution is 7.92. The number of sulfonamides is 1. The van der Waals surface area contributed by atoms with Crippen molar-refractivity contribution in [2.75, 3.05) is 23.8 Å². The number of rotatable bonds is 8. The van der Waals surface area contributed by atoms with Gasteiger partial charge in [-0.15, -0.1) is 0 Å². The van der Waals surface area contributed by atoms with E-state index in [0.29, 0.717) is 11.4 Å². The summed E-state index contributed by atoms with van der Waals surface area (Å²) in [6.45, 7) is -0.569. The normalized spacial score (nSPS) is 10.8. The predicted octanol–water partition coefficient (Wildman–Crippen LogP) is 3.43. The number of hydrogen-bond donors (Lipinski definition) is 2. The first-order chi connectivity index (χ1) is 15.3. The first kappa shape index (κ1) is 22.8. The Morgan fingerprint density at radius 2 is 1.66 bits per heavy atom. The van der Waals surface area contributed by atoms with Gasteiger partial charge in [0.15, 0.2) is 6.61 Å². The molecule has 0 bridgehead atoms. The number of anilines is 2. The summed E-state index contributed by atoms with van der Waals surface area (Å²) in [5.41, 5.74) is 0.570. The van der Waals surface area contributed by atoms with Gasteiger partial charge in [0, 0.05) is 17.4 Å². The number of benzene rings is 3. The summed E-state index contributed by atoms with van der Waals surface area (Å²) in [7, 11) is -2.54. The van der Waals surface area contributed by atoms with Crippen molar-refractivity contribution in [1.29, 1.82) is 0 Å². The monoisotopic (exact) mass is 458 g/mol. The molecule has 2 N–H and O–H groups in total. The van der Waals surface area contributed by atoms with Crippen LogP contribution in [0.3, 0.4) is 0 Å². The van der Waals surface area contributed by atoms with Crippen LogP contribution in [-0.2, 0) is 19.6 Å². The largest absolute Gasteiger partial charge is 0.497 e. The fraction of sp³-hybridized carbons (Fsp3) is 0.0909. The molecule has 32 heavy (non-hydrogen) atoms. The first-order valence-corrected chi connectivity index (χ1v) is 10.7. The molecule has 0 spiro atoms. The van der Waals surface area contributed by atoms with Crippen LogP contribution < -0.4 is 14.8 Å². The minimum Gasteiger partial charge on any atom is -0.497 e. The summed E-state index contributed by atoms with van der Waals surface area (Å²) in [4.78, 5) is 24.1. The number of nitrogens with one attached hydrogen (secondary N) is 2. The third-order valence-corrected chi connectivity index (χ3v) is 5.54. The Hall–Kier alpha value is -3.92. The van der Waals surface area contributed by atoms with Crippen LogP contribution >= 0.6 is 0 Å². The number of carbonyl (C=O) groups is 2. The van der Waals surface area contributed by atoms with Gasteiger partial charge in [0.05, 0.1) is 17.6 Å². The maximum Gasteiger partial charge on any atom is 0.338 e. The van der Waals surface area contributed by atoms with E-state index in [1.165, 1.54) is 37.4 Å². The summed E-state index contributed by atoms with van der Waals surface area (Å²) in [5, 5.41) is 2.56. The van der Waals surface area contributed by atoms with E-state index in [-0.39, 0.29) is 16.1 Å². The highest BCUT2D eigenvalue weighted by atomic mass is 32.2. The minimum absolute atomic E-state index is 0.0545. The van der Waals surface area contributed by atoms with Gasteiger partial charge in [-0.2, -0.15) is 0 Å². The average molecular weight is 458 g/mol. The maximum atomic E-state index is 13.0. The zero-order valence-corrected chi connectivity index (χ0v) is 17.7. The SMILES string of the molecule is COc1cccc(NC(=O)COC(=O)c2cccc(S(=O)(=O)Nc3ccc(F)cc3)c2)c1. The van der Waals surface area contributed by atoms with Gasteiger partial charge in [0.25, 0.3) is 15.9 Å². The molecule has 0 aliphatic rings. The van der Waals surface area contributed by atoms with Crippen molar-refractivity contribution >= 4 is 33.3 Å². The highest BCUT2D eigenvalue weighted by Gasteiger charge is 2.18. The molecule has 0 radical (unpaired) electrons. The van der Waals surface area contributed by atoms with Crippen LogP contribution in [0.2, 0.25) is 0 Å². The Morgan fingerprint density at radius 1 is 0.938 bits per heavy atom. The van der Waals surface area contributed by atoms with Crippen molar-refractivity contribution in [2.24, 2.45) is 0 Å². The predicted molar refractivity (Wildman–Crippen MR) is 116 cm³/mol. The fourth-order valence-corrected chi connectivity index (χ4v) is 3.74. The summed E-state index contributed by atoms with van der Waals surface area (Å²) in [5.74, 6) is -1.40. The number of esters is 1. The maximum absolute atomic E-state index is 13.0. The van der Waals surface area contributed by atoms with E-state index in [0.717, 1.165) is 18.2 Å². The van der Waals surface area contributed by atoms with Gasteiger partial charge in [-0.25, -0.2) is 17.6 Å². The van der Waals surface area contributed by atoms with Crippen LogP contribution in [0.4, 0.5) is 15.8 Å². The van der Waals surface area contributed by atoms with Crippen molar-refractivity contribution in [3.63, 3.8) is 0 Å². The standard InChI is InChI=1S/C22H19FN2O6S/c1-30-19-6-3-5-18(13-19)24-21(26)14-31-22(27)15-4-2-7-20(12-15)32(28,29)25-17-10-8-16(23)9-11-17/h2-13,25H,14H2,1H3,(H,24,26). The van der Waals surface area contributed by atoms with Gasteiger partial charge in [-0.3, -0.25) is 9.52 Å². The van der Waals surface area contributed by atoms with Gasteiger partial charge in [-0.1, -0.05) is 12.1 Å². The number of carbonyl (C=O) groups excluding carboxylic acids is 2.